The molecule has 0 unspecified atom stereocenters. The number of hydrogen-bond donors (Lipinski definition) is 2. The van der Waals surface area contributed by atoms with Gasteiger partial charge in [0, 0.05) is 31.5 Å². The molecular weight excluding hydrogens is 609 g/mol. The summed E-state index contributed by atoms with van der Waals surface area (Å²) in [5, 5.41) is 15.6. The average molecular weight is 639 g/mol. The van der Waals surface area contributed by atoms with E-state index in [-0.39, 0.29) is 36.1 Å². The summed E-state index contributed by atoms with van der Waals surface area (Å²) < 4.78 is 43.3. The first kappa shape index (κ1) is 32.5. The molecule has 0 saturated carbocycles. The molecule has 1 amide bonds. The second-order valence-electron chi connectivity index (χ2n) is 10.9. The van der Waals surface area contributed by atoms with Crippen LogP contribution in [0.25, 0.3) is 0 Å². The van der Waals surface area contributed by atoms with Gasteiger partial charge in [0.2, 0.25) is 5.91 Å². The lowest BCUT2D eigenvalue weighted by Crippen LogP contribution is -2.53. The fourth-order valence-corrected chi connectivity index (χ4v) is 5.14. The highest BCUT2D eigenvalue weighted by molar-refractivity contribution is 7.80. The SMILES string of the molecule is CC(C)(CN(Cc1ccccc1C(F)(F)F)C(=S)Nc1ccccc1Cl)NC(=O)Cc1cncn1Cc1ccc(C#N)cc1. The zero-order chi connectivity index (χ0) is 31.9. The molecule has 0 aliphatic carbocycles. The van der Waals surface area contributed by atoms with Gasteiger partial charge >= 0.3 is 6.18 Å². The van der Waals surface area contributed by atoms with E-state index in [1.807, 2.05) is 16.7 Å². The van der Waals surface area contributed by atoms with E-state index in [0.717, 1.165) is 11.6 Å². The van der Waals surface area contributed by atoms with Crippen molar-refractivity contribution in [3.63, 3.8) is 0 Å². The third-order valence-electron chi connectivity index (χ3n) is 6.73. The predicted molar refractivity (Wildman–Crippen MR) is 168 cm³/mol. The van der Waals surface area contributed by atoms with Crippen molar-refractivity contribution < 1.29 is 18.0 Å². The number of nitriles is 1. The first-order valence-corrected chi connectivity index (χ1v) is 14.4. The molecule has 3 aromatic carbocycles. The van der Waals surface area contributed by atoms with Crippen molar-refractivity contribution in [2.75, 3.05) is 11.9 Å². The summed E-state index contributed by atoms with van der Waals surface area (Å²) in [5.41, 5.74) is 1.05. The number of nitrogens with zero attached hydrogens (tertiary/aromatic N) is 4. The Kier molecular flexibility index (Phi) is 10.3. The van der Waals surface area contributed by atoms with E-state index in [0.29, 0.717) is 28.5 Å². The number of anilines is 1. The average Bonchev–Trinajstić information content (AvgIpc) is 3.39. The Balaban J connectivity index is 1.50. The molecule has 4 aromatic rings. The van der Waals surface area contributed by atoms with Crippen LogP contribution < -0.4 is 10.6 Å². The lowest BCUT2D eigenvalue weighted by atomic mass is 10.0. The Hall–Kier alpha value is -4.40. The predicted octanol–water partition coefficient (Wildman–Crippen LogP) is 6.81. The summed E-state index contributed by atoms with van der Waals surface area (Å²) in [5.74, 6) is -0.294. The number of carbonyl (C=O) groups is 1. The summed E-state index contributed by atoms with van der Waals surface area (Å²) in [4.78, 5) is 19.0. The summed E-state index contributed by atoms with van der Waals surface area (Å²) >= 11 is 12.0. The van der Waals surface area contributed by atoms with Crippen molar-refractivity contribution in [3.8, 4) is 6.07 Å². The number of imidazole rings is 1. The maximum Gasteiger partial charge on any atom is 0.416 e. The molecule has 228 valence electrons. The normalized spacial score (nSPS) is 11.5. The Morgan fingerprint density at radius 3 is 2.43 bits per heavy atom. The van der Waals surface area contributed by atoms with Crippen molar-refractivity contribution in [2.45, 2.75) is 45.1 Å². The summed E-state index contributed by atoms with van der Waals surface area (Å²) in [7, 11) is 0. The van der Waals surface area contributed by atoms with Crippen LogP contribution in [-0.4, -0.2) is 37.6 Å². The summed E-state index contributed by atoms with van der Waals surface area (Å²) in [6.07, 6.45) is -1.28. The second-order valence-corrected chi connectivity index (χ2v) is 11.6. The molecule has 0 aliphatic rings. The molecule has 7 nitrogen and oxygen atoms in total. The van der Waals surface area contributed by atoms with Gasteiger partial charge in [-0.2, -0.15) is 18.4 Å². The fraction of sp³-hybridized carbons (Fsp3) is 0.250. The highest BCUT2D eigenvalue weighted by atomic mass is 35.5. The highest BCUT2D eigenvalue weighted by Gasteiger charge is 2.34. The van der Waals surface area contributed by atoms with Gasteiger partial charge in [0.05, 0.1) is 46.2 Å². The van der Waals surface area contributed by atoms with Crippen molar-refractivity contribution in [1.82, 2.24) is 19.8 Å². The van der Waals surface area contributed by atoms with E-state index in [1.54, 1.807) is 73.7 Å². The number of benzene rings is 3. The van der Waals surface area contributed by atoms with E-state index >= 15 is 0 Å². The van der Waals surface area contributed by atoms with Crippen molar-refractivity contribution in [1.29, 1.82) is 5.26 Å². The lowest BCUT2D eigenvalue weighted by molar-refractivity contribution is -0.138. The van der Waals surface area contributed by atoms with Crippen molar-refractivity contribution in [2.24, 2.45) is 0 Å². The van der Waals surface area contributed by atoms with Crippen LogP contribution in [0.4, 0.5) is 18.9 Å². The molecular formula is C32H30ClF3N6OS. The standard InChI is InChI=1S/C32H30ClF3N6OS/c1-31(2,40-29(43)15-25-17-38-21-42(25)18-23-13-11-22(16-37)12-14-23)20-41(30(44)39-28-10-6-5-9-27(28)33)19-24-7-3-4-8-26(24)32(34,35)36/h3-14,17,21H,15,18-20H2,1-2H3,(H,39,44)(H,40,43). The van der Waals surface area contributed by atoms with E-state index < -0.39 is 17.3 Å². The minimum absolute atomic E-state index is 0.0267. The number of aromatic nitrogens is 2. The first-order chi connectivity index (χ1) is 20.8. The van der Waals surface area contributed by atoms with Crippen molar-refractivity contribution in [3.05, 3.63) is 118 Å². The van der Waals surface area contributed by atoms with E-state index in [2.05, 4.69) is 21.7 Å². The van der Waals surface area contributed by atoms with Crippen LogP contribution in [-0.2, 0) is 30.5 Å². The number of thiocarbonyl (C=S) groups is 1. The van der Waals surface area contributed by atoms with Crippen LogP contribution in [0.1, 0.15) is 41.8 Å². The van der Waals surface area contributed by atoms with E-state index in [4.69, 9.17) is 29.1 Å². The maximum atomic E-state index is 13.8. The number of amides is 1. The molecule has 0 aliphatic heterocycles. The van der Waals surface area contributed by atoms with Gasteiger partial charge in [0.15, 0.2) is 5.11 Å². The number of hydrogen-bond acceptors (Lipinski definition) is 4. The van der Waals surface area contributed by atoms with Gasteiger partial charge in [-0.1, -0.05) is 54.1 Å². The number of halogens is 4. The first-order valence-electron chi connectivity index (χ1n) is 13.6. The van der Waals surface area contributed by atoms with Crippen LogP contribution in [0.5, 0.6) is 0 Å². The summed E-state index contributed by atoms with van der Waals surface area (Å²) in [6, 6.07) is 21.5. The molecule has 0 fully saturated rings. The van der Waals surface area contributed by atoms with Gasteiger partial charge in [-0.05, 0) is 67.5 Å². The lowest BCUT2D eigenvalue weighted by Gasteiger charge is -2.35. The molecule has 1 heterocycles. The van der Waals surface area contributed by atoms with Crippen LogP contribution >= 0.6 is 23.8 Å². The van der Waals surface area contributed by atoms with Gasteiger partial charge < -0.3 is 20.1 Å². The second kappa shape index (κ2) is 13.9. The molecule has 0 radical (unpaired) electrons. The molecule has 0 saturated heterocycles. The van der Waals surface area contributed by atoms with Crippen LogP contribution in [0.3, 0.4) is 0 Å². The Labute approximate surface area is 264 Å². The monoisotopic (exact) mass is 638 g/mol. The van der Waals surface area contributed by atoms with Crippen LogP contribution in [0, 0.1) is 11.3 Å². The smallest absolute Gasteiger partial charge is 0.349 e. The fourth-order valence-electron chi connectivity index (χ4n) is 4.72. The zero-order valence-corrected chi connectivity index (χ0v) is 25.6. The number of carbonyl (C=O) groups excluding carboxylic acids is 1. The van der Waals surface area contributed by atoms with Gasteiger partial charge in [-0.3, -0.25) is 4.79 Å². The Morgan fingerprint density at radius 1 is 1.07 bits per heavy atom. The minimum atomic E-state index is -4.55. The van der Waals surface area contributed by atoms with Crippen LogP contribution in [0.2, 0.25) is 5.02 Å². The largest absolute Gasteiger partial charge is 0.416 e. The molecule has 44 heavy (non-hydrogen) atoms. The van der Waals surface area contributed by atoms with Gasteiger partial charge in [-0.15, -0.1) is 0 Å². The minimum Gasteiger partial charge on any atom is -0.349 e. The molecule has 2 N–H and O–H groups in total. The third kappa shape index (κ3) is 8.81. The molecule has 12 heteroatoms. The number of alkyl halides is 3. The highest BCUT2D eigenvalue weighted by Crippen LogP contribution is 2.33. The van der Waals surface area contributed by atoms with Gasteiger partial charge in [-0.25, -0.2) is 4.98 Å². The van der Waals surface area contributed by atoms with Crippen molar-refractivity contribution >= 4 is 40.5 Å². The third-order valence-corrected chi connectivity index (χ3v) is 7.42. The molecule has 0 spiro atoms. The number of rotatable bonds is 10. The number of nitrogens with one attached hydrogen (secondary N) is 2. The molecule has 0 bridgehead atoms. The van der Waals surface area contributed by atoms with Gasteiger partial charge in [0.1, 0.15) is 0 Å². The van der Waals surface area contributed by atoms with E-state index in [1.165, 1.54) is 12.1 Å². The quantitative estimate of drug-likeness (QED) is 0.186. The topological polar surface area (TPSA) is 86.0 Å². The van der Waals surface area contributed by atoms with Crippen LogP contribution in [0.15, 0.2) is 85.3 Å². The maximum absolute atomic E-state index is 13.8. The molecule has 1 aromatic heterocycles. The Morgan fingerprint density at radius 2 is 1.75 bits per heavy atom. The molecule has 0 atom stereocenters. The zero-order valence-electron chi connectivity index (χ0n) is 24.0. The number of para-hydroxylation sites is 1. The molecule has 4 rings (SSSR count). The van der Waals surface area contributed by atoms with E-state index in [9.17, 15) is 18.0 Å². The van der Waals surface area contributed by atoms with Gasteiger partial charge in [0.25, 0.3) is 0 Å². The Bertz CT molecular complexity index is 1660. The summed E-state index contributed by atoms with van der Waals surface area (Å²) in [6.45, 7) is 3.94.